The molecule has 31 heavy (non-hydrogen) atoms. The predicted octanol–water partition coefficient (Wildman–Crippen LogP) is 3.63. The number of nitrogens with zero attached hydrogens (tertiary/aromatic N) is 3. The Morgan fingerprint density at radius 3 is 2.77 bits per heavy atom. The number of hydrogen-bond acceptors (Lipinski definition) is 6. The molecule has 0 fully saturated rings. The first-order valence-corrected chi connectivity index (χ1v) is 10.1. The van der Waals surface area contributed by atoms with Crippen molar-refractivity contribution in [1.29, 1.82) is 0 Å². The van der Waals surface area contributed by atoms with E-state index >= 15 is 0 Å². The van der Waals surface area contributed by atoms with E-state index in [1.807, 2.05) is 13.8 Å². The Hall–Kier alpha value is -3.27. The van der Waals surface area contributed by atoms with Gasteiger partial charge in [0, 0.05) is 48.1 Å². The third-order valence-corrected chi connectivity index (χ3v) is 4.54. The van der Waals surface area contributed by atoms with Crippen molar-refractivity contribution in [3.05, 3.63) is 35.5 Å². The number of amides is 2. The van der Waals surface area contributed by atoms with E-state index in [-0.39, 0.29) is 48.2 Å². The molecule has 3 aromatic heterocycles. The number of fused-ring (bicyclic) bond motifs is 1. The van der Waals surface area contributed by atoms with Crippen LogP contribution in [-0.4, -0.2) is 50.4 Å². The van der Waals surface area contributed by atoms with Crippen LogP contribution >= 0.6 is 11.6 Å². The zero-order valence-corrected chi connectivity index (χ0v) is 18.0. The SMILES string of the molecule is CC(C)NC(=O)CCNC(=O)[C@H](C)Nc1nc(-c2c[nH]c3ncc(Cl)cc23)ncc1F.[HH].[HH].[HH].[HH]. The summed E-state index contributed by atoms with van der Waals surface area (Å²) in [5, 5.41) is 9.27. The van der Waals surface area contributed by atoms with Gasteiger partial charge in [0.15, 0.2) is 17.5 Å². The van der Waals surface area contributed by atoms with Crippen LogP contribution in [0, 0.1) is 5.82 Å². The summed E-state index contributed by atoms with van der Waals surface area (Å²) in [6.45, 7) is 5.45. The van der Waals surface area contributed by atoms with Crippen molar-refractivity contribution in [2.45, 2.75) is 39.3 Å². The van der Waals surface area contributed by atoms with Gasteiger partial charge in [0.1, 0.15) is 11.7 Å². The standard InChI is InChI=1S/C20H23ClFN7O2.4H2/c1-10(2)27-16(30)4-5-23-20(31)11(3)28-19-15(22)9-26-18(29-19)14-8-25-17-13(14)6-12(21)7-24-17;;;;/h6-11H,4-5H2,1-3H3,(H,23,31)(H,24,25)(H,27,30)(H,26,28,29);4*1H/t11-;;;;/m0..../s1. The molecule has 4 N–H and O–H groups in total. The van der Waals surface area contributed by atoms with Crippen molar-refractivity contribution in [3.8, 4) is 11.4 Å². The molecule has 0 aliphatic heterocycles. The van der Waals surface area contributed by atoms with Gasteiger partial charge in [-0.1, -0.05) is 11.6 Å². The molecule has 0 bridgehead atoms. The lowest BCUT2D eigenvalue weighted by atomic mass is 10.2. The minimum Gasteiger partial charge on any atom is -0.356 e. The van der Waals surface area contributed by atoms with E-state index in [9.17, 15) is 14.0 Å². The molecule has 0 aliphatic rings. The van der Waals surface area contributed by atoms with Crippen LogP contribution < -0.4 is 16.0 Å². The van der Waals surface area contributed by atoms with E-state index in [1.165, 1.54) is 6.20 Å². The molecule has 9 nitrogen and oxygen atoms in total. The van der Waals surface area contributed by atoms with E-state index < -0.39 is 11.9 Å². The summed E-state index contributed by atoms with van der Waals surface area (Å²) < 4.78 is 14.3. The van der Waals surface area contributed by atoms with Gasteiger partial charge in [0.25, 0.3) is 0 Å². The molecular weight excluding hydrogens is 425 g/mol. The van der Waals surface area contributed by atoms with Crippen LogP contribution in [0.4, 0.5) is 10.2 Å². The molecule has 3 aromatic rings. The largest absolute Gasteiger partial charge is 0.356 e. The molecule has 0 spiro atoms. The highest BCUT2D eigenvalue weighted by Crippen LogP contribution is 2.28. The van der Waals surface area contributed by atoms with E-state index in [0.29, 0.717) is 21.6 Å². The maximum Gasteiger partial charge on any atom is 0.242 e. The number of H-pyrrole nitrogens is 1. The van der Waals surface area contributed by atoms with Crippen LogP contribution in [-0.2, 0) is 9.59 Å². The number of nitrogens with one attached hydrogen (secondary N) is 4. The summed E-state index contributed by atoms with van der Waals surface area (Å²) in [7, 11) is 0. The van der Waals surface area contributed by atoms with Crippen molar-refractivity contribution in [1.82, 2.24) is 30.6 Å². The van der Waals surface area contributed by atoms with Gasteiger partial charge in [-0.15, -0.1) is 0 Å². The first-order chi connectivity index (χ1) is 14.7. The molecule has 3 rings (SSSR count). The number of hydrogen-bond donors (Lipinski definition) is 4. The number of aromatic amines is 1. The van der Waals surface area contributed by atoms with Crippen LogP contribution in [0.1, 0.15) is 32.9 Å². The highest BCUT2D eigenvalue weighted by Gasteiger charge is 2.18. The molecule has 0 aliphatic carbocycles. The molecule has 2 amide bonds. The average molecular weight is 456 g/mol. The van der Waals surface area contributed by atoms with Crippen molar-refractivity contribution in [2.75, 3.05) is 11.9 Å². The van der Waals surface area contributed by atoms with Gasteiger partial charge in [-0.3, -0.25) is 9.59 Å². The van der Waals surface area contributed by atoms with E-state index in [0.717, 1.165) is 6.20 Å². The van der Waals surface area contributed by atoms with Gasteiger partial charge in [0.05, 0.1) is 11.2 Å². The maximum absolute atomic E-state index is 14.3. The Labute approximate surface area is 189 Å². The lowest BCUT2D eigenvalue weighted by Gasteiger charge is -2.15. The summed E-state index contributed by atoms with van der Waals surface area (Å²) in [4.78, 5) is 39.4. The van der Waals surface area contributed by atoms with Gasteiger partial charge in [-0.25, -0.2) is 19.3 Å². The molecule has 3 heterocycles. The third kappa shape index (κ3) is 5.66. The number of halogens is 2. The second-order valence-electron chi connectivity index (χ2n) is 7.27. The number of carbonyl (C=O) groups is 2. The van der Waals surface area contributed by atoms with Crippen molar-refractivity contribution in [3.63, 3.8) is 0 Å². The van der Waals surface area contributed by atoms with E-state index in [2.05, 4.69) is 35.9 Å². The van der Waals surface area contributed by atoms with Gasteiger partial charge >= 0.3 is 0 Å². The minimum atomic E-state index is -0.788. The van der Waals surface area contributed by atoms with Gasteiger partial charge in [-0.2, -0.15) is 0 Å². The molecule has 0 unspecified atom stereocenters. The summed E-state index contributed by atoms with van der Waals surface area (Å²) in [6, 6.07) is 0.952. The number of carbonyl (C=O) groups excluding carboxylic acids is 2. The van der Waals surface area contributed by atoms with E-state index in [4.69, 9.17) is 11.6 Å². The first-order valence-electron chi connectivity index (χ1n) is 9.73. The number of rotatable bonds is 8. The zero-order valence-electron chi connectivity index (χ0n) is 17.3. The number of anilines is 1. The molecule has 0 radical (unpaired) electrons. The smallest absolute Gasteiger partial charge is 0.242 e. The van der Waals surface area contributed by atoms with Gasteiger partial charge < -0.3 is 20.9 Å². The summed E-state index contributed by atoms with van der Waals surface area (Å²) in [5.41, 5.74) is 1.19. The fraction of sp³-hybridized carbons (Fsp3) is 0.350. The summed E-state index contributed by atoms with van der Waals surface area (Å²) in [6.07, 6.45) is 4.35. The summed E-state index contributed by atoms with van der Waals surface area (Å²) >= 11 is 6.02. The van der Waals surface area contributed by atoms with Crippen molar-refractivity contribution < 1.29 is 19.7 Å². The maximum atomic E-state index is 14.3. The van der Waals surface area contributed by atoms with Crippen LogP contribution in [0.15, 0.2) is 24.7 Å². The molecule has 0 saturated heterocycles. The third-order valence-electron chi connectivity index (χ3n) is 4.33. The Balaban J connectivity index is 0. The number of pyridine rings is 1. The quantitative estimate of drug-likeness (QED) is 0.411. The van der Waals surface area contributed by atoms with E-state index in [1.54, 1.807) is 19.2 Å². The lowest BCUT2D eigenvalue weighted by Crippen LogP contribution is -2.40. The van der Waals surface area contributed by atoms with Crippen LogP contribution in [0.5, 0.6) is 0 Å². The fourth-order valence-electron chi connectivity index (χ4n) is 2.88. The second-order valence-corrected chi connectivity index (χ2v) is 7.71. The van der Waals surface area contributed by atoms with Crippen molar-refractivity contribution >= 4 is 40.3 Å². The van der Waals surface area contributed by atoms with Gasteiger partial charge in [-0.05, 0) is 26.8 Å². The topological polar surface area (TPSA) is 125 Å². The first kappa shape index (κ1) is 22.4. The Kier molecular flexibility index (Phi) is 7.01. The Morgan fingerprint density at radius 1 is 1.26 bits per heavy atom. The minimum absolute atomic E-state index is 0. The molecule has 0 saturated carbocycles. The monoisotopic (exact) mass is 455 g/mol. The van der Waals surface area contributed by atoms with Crippen molar-refractivity contribution in [2.24, 2.45) is 0 Å². The molecular formula is C20H31ClFN7O2. The average Bonchev–Trinajstić information content (AvgIpc) is 3.12. The molecule has 0 aromatic carbocycles. The zero-order chi connectivity index (χ0) is 22.5. The van der Waals surface area contributed by atoms with Gasteiger partial charge in [0.2, 0.25) is 11.8 Å². The molecule has 1 atom stereocenters. The normalized spacial score (nSPS) is 12.1. The highest BCUT2D eigenvalue weighted by molar-refractivity contribution is 6.31. The van der Waals surface area contributed by atoms with Crippen LogP contribution in [0.3, 0.4) is 0 Å². The predicted molar refractivity (Wildman–Crippen MR) is 125 cm³/mol. The lowest BCUT2D eigenvalue weighted by molar-refractivity contribution is -0.122. The fourth-order valence-corrected chi connectivity index (χ4v) is 3.04. The Morgan fingerprint density at radius 2 is 2.03 bits per heavy atom. The number of aromatic nitrogens is 4. The highest BCUT2D eigenvalue weighted by atomic mass is 35.5. The van der Waals surface area contributed by atoms with Crippen LogP contribution in [0.25, 0.3) is 22.4 Å². The van der Waals surface area contributed by atoms with Crippen LogP contribution in [0.2, 0.25) is 5.02 Å². The summed E-state index contributed by atoms with van der Waals surface area (Å²) in [5.74, 6) is -1.11. The second kappa shape index (κ2) is 9.69. The Bertz CT molecular complexity index is 1120. The molecule has 172 valence electrons. The molecule has 11 heteroatoms.